The van der Waals surface area contributed by atoms with Crippen LogP contribution in [0.3, 0.4) is 0 Å². The molecule has 0 radical (unpaired) electrons. The third kappa shape index (κ3) is 2.87. The SMILES string of the molecule is Cc1cc(C(=O)Nc2ccc(O)cc2)sc1Br. The molecular weight excluding hydrogens is 302 g/mol. The molecule has 1 heterocycles. The molecule has 0 aliphatic rings. The molecule has 1 aromatic heterocycles. The number of anilines is 1. The van der Waals surface area contributed by atoms with Crippen LogP contribution < -0.4 is 5.32 Å². The molecular formula is C12H10BrNO2S. The molecule has 2 rings (SSSR count). The van der Waals surface area contributed by atoms with Gasteiger partial charge in [0.2, 0.25) is 0 Å². The second kappa shape index (κ2) is 4.89. The van der Waals surface area contributed by atoms with Crippen LogP contribution in [-0.2, 0) is 0 Å². The summed E-state index contributed by atoms with van der Waals surface area (Å²) in [5.74, 6) is 0.0344. The topological polar surface area (TPSA) is 49.3 Å². The number of rotatable bonds is 2. The highest BCUT2D eigenvalue weighted by Crippen LogP contribution is 2.28. The van der Waals surface area contributed by atoms with Crippen molar-refractivity contribution in [2.45, 2.75) is 6.92 Å². The van der Waals surface area contributed by atoms with Gasteiger partial charge in [-0.25, -0.2) is 0 Å². The minimum absolute atomic E-state index is 0.144. The maximum atomic E-state index is 11.9. The number of hydrogen-bond donors (Lipinski definition) is 2. The summed E-state index contributed by atoms with van der Waals surface area (Å²) in [5.41, 5.74) is 1.71. The van der Waals surface area contributed by atoms with Crippen LogP contribution >= 0.6 is 27.3 Å². The van der Waals surface area contributed by atoms with Crippen LogP contribution in [0.4, 0.5) is 5.69 Å². The Hall–Kier alpha value is -1.33. The second-order valence-corrected chi connectivity index (χ2v) is 5.94. The lowest BCUT2D eigenvalue weighted by molar-refractivity contribution is 0.103. The van der Waals surface area contributed by atoms with Crippen molar-refractivity contribution in [3.05, 3.63) is 44.6 Å². The van der Waals surface area contributed by atoms with Gasteiger partial charge in [0.05, 0.1) is 8.66 Å². The van der Waals surface area contributed by atoms with Crippen molar-refractivity contribution in [3.63, 3.8) is 0 Å². The van der Waals surface area contributed by atoms with Crippen molar-refractivity contribution in [3.8, 4) is 5.75 Å². The largest absolute Gasteiger partial charge is 0.508 e. The molecule has 0 spiro atoms. The first-order valence-electron chi connectivity index (χ1n) is 4.92. The Morgan fingerprint density at radius 3 is 2.53 bits per heavy atom. The molecule has 1 aromatic carbocycles. The summed E-state index contributed by atoms with van der Waals surface area (Å²) < 4.78 is 0.966. The van der Waals surface area contributed by atoms with Gasteiger partial charge < -0.3 is 10.4 Å². The van der Waals surface area contributed by atoms with Crippen LogP contribution in [0.25, 0.3) is 0 Å². The molecule has 17 heavy (non-hydrogen) atoms. The average Bonchev–Trinajstić information content (AvgIpc) is 2.63. The minimum atomic E-state index is -0.144. The first-order valence-corrected chi connectivity index (χ1v) is 6.53. The van der Waals surface area contributed by atoms with Crippen molar-refractivity contribution in [1.29, 1.82) is 0 Å². The lowest BCUT2D eigenvalue weighted by Gasteiger charge is -2.02. The number of aromatic hydroxyl groups is 1. The summed E-state index contributed by atoms with van der Waals surface area (Å²) in [4.78, 5) is 12.5. The zero-order valence-electron chi connectivity index (χ0n) is 9.03. The normalized spacial score (nSPS) is 10.2. The summed E-state index contributed by atoms with van der Waals surface area (Å²) >= 11 is 4.78. The Morgan fingerprint density at radius 1 is 1.35 bits per heavy atom. The number of phenols is 1. The van der Waals surface area contributed by atoms with E-state index in [0.29, 0.717) is 10.6 Å². The fourth-order valence-corrected chi connectivity index (χ4v) is 2.74. The molecule has 0 saturated heterocycles. The van der Waals surface area contributed by atoms with Crippen molar-refractivity contribution in [1.82, 2.24) is 0 Å². The molecule has 0 fully saturated rings. The molecule has 0 unspecified atom stereocenters. The Balaban J connectivity index is 2.14. The number of amides is 1. The Labute approximate surface area is 111 Å². The van der Waals surface area contributed by atoms with Gasteiger partial charge in [-0.15, -0.1) is 11.3 Å². The number of benzene rings is 1. The zero-order valence-corrected chi connectivity index (χ0v) is 11.4. The molecule has 0 atom stereocenters. The van der Waals surface area contributed by atoms with E-state index in [1.165, 1.54) is 23.5 Å². The van der Waals surface area contributed by atoms with E-state index < -0.39 is 0 Å². The molecule has 0 saturated carbocycles. The third-order valence-corrected chi connectivity index (χ3v) is 4.34. The standard InChI is InChI=1S/C12H10BrNO2S/c1-7-6-10(17-11(7)13)12(16)14-8-2-4-9(15)5-3-8/h2-6,15H,1H3,(H,14,16). The summed E-state index contributed by atoms with van der Waals surface area (Å²) in [5, 5.41) is 11.9. The van der Waals surface area contributed by atoms with E-state index in [2.05, 4.69) is 21.2 Å². The van der Waals surface area contributed by atoms with Crippen molar-refractivity contribution < 1.29 is 9.90 Å². The summed E-state index contributed by atoms with van der Waals surface area (Å²) in [7, 11) is 0. The summed E-state index contributed by atoms with van der Waals surface area (Å²) in [6, 6.07) is 8.21. The number of thiophene rings is 1. The molecule has 88 valence electrons. The molecule has 0 bridgehead atoms. The van der Waals surface area contributed by atoms with Crippen LogP contribution in [0, 0.1) is 6.92 Å². The number of halogens is 1. The predicted molar refractivity (Wildman–Crippen MR) is 72.8 cm³/mol. The molecule has 1 amide bonds. The smallest absolute Gasteiger partial charge is 0.265 e. The highest BCUT2D eigenvalue weighted by molar-refractivity contribution is 9.11. The second-order valence-electron chi connectivity index (χ2n) is 3.57. The van der Waals surface area contributed by atoms with E-state index in [1.54, 1.807) is 12.1 Å². The van der Waals surface area contributed by atoms with E-state index in [1.807, 2.05) is 13.0 Å². The summed E-state index contributed by atoms with van der Waals surface area (Å²) in [6.07, 6.45) is 0. The van der Waals surface area contributed by atoms with Crippen LogP contribution in [0.2, 0.25) is 0 Å². The van der Waals surface area contributed by atoms with Gasteiger partial charge in [-0.05, 0) is 58.7 Å². The van der Waals surface area contributed by atoms with Crippen molar-refractivity contribution in [2.24, 2.45) is 0 Å². The maximum absolute atomic E-state index is 11.9. The highest BCUT2D eigenvalue weighted by atomic mass is 79.9. The van der Waals surface area contributed by atoms with Crippen molar-refractivity contribution in [2.75, 3.05) is 5.32 Å². The van der Waals surface area contributed by atoms with E-state index in [0.717, 1.165) is 9.35 Å². The first kappa shape index (κ1) is 12.1. The van der Waals surface area contributed by atoms with Crippen LogP contribution in [0.15, 0.2) is 34.1 Å². The Kier molecular flexibility index (Phi) is 3.49. The lowest BCUT2D eigenvalue weighted by atomic mass is 10.3. The van der Waals surface area contributed by atoms with Gasteiger partial charge in [-0.3, -0.25) is 4.79 Å². The molecule has 3 nitrogen and oxygen atoms in total. The quantitative estimate of drug-likeness (QED) is 0.829. The van der Waals surface area contributed by atoms with Gasteiger partial charge in [-0.2, -0.15) is 0 Å². The van der Waals surface area contributed by atoms with Crippen molar-refractivity contribution >= 4 is 38.9 Å². The molecule has 2 N–H and O–H groups in total. The van der Waals surface area contributed by atoms with Crippen LogP contribution in [0.5, 0.6) is 5.75 Å². The predicted octanol–water partition coefficient (Wildman–Crippen LogP) is 3.78. The molecule has 2 aromatic rings. The minimum Gasteiger partial charge on any atom is -0.508 e. The molecule has 0 aliphatic carbocycles. The van der Waals surface area contributed by atoms with Gasteiger partial charge >= 0.3 is 0 Å². The van der Waals surface area contributed by atoms with Gasteiger partial charge in [0, 0.05) is 5.69 Å². The van der Waals surface area contributed by atoms with E-state index >= 15 is 0 Å². The number of carbonyl (C=O) groups is 1. The monoisotopic (exact) mass is 311 g/mol. The van der Waals surface area contributed by atoms with Crippen LogP contribution in [0.1, 0.15) is 15.2 Å². The number of phenolic OH excluding ortho intramolecular Hbond substituents is 1. The summed E-state index contributed by atoms with van der Waals surface area (Å²) in [6.45, 7) is 1.94. The Bertz CT molecular complexity index is 529. The van der Waals surface area contributed by atoms with E-state index in [9.17, 15) is 4.79 Å². The highest BCUT2D eigenvalue weighted by Gasteiger charge is 2.11. The Morgan fingerprint density at radius 2 is 2.00 bits per heavy atom. The maximum Gasteiger partial charge on any atom is 0.265 e. The third-order valence-electron chi connectivity index (χ3n) is 2.21. The number of hydrogen-bond acceptors (Lipinski definition) is 3. The van der Waals surface area contributed by atoms with E-state index in [-0.39, 0.29) is 11.7 Å². The number of nitrogens with one attached hydrogen (secondary N) is 1. The van der Waals surface area contributed by atoms with Gasteiger partial charge in [0.1, 0.15) is 5.75 Å². The number of aryl methyl sites for hydroxylation is 1. The zero-order chi connectivity index (χ0) is 12.4. The molecule has 0 aliphatic heterocycles. The van der Waals surface area contributed by atoms with Gasteiger partial charge in [-0.1, -0.05) is 0 Å². The van der Waals surface area contributed by atoms with E-state index in [4.69, 9.17) is 5.11 Å². The fraction of sp³-hybridized carbons (Fsp3) is 0.0833. The number of carbonyl (C=O) groups excluding carboxylic acids is 1. The lowest BCUT2D eigenvalue weighted by Crippen LogP contribution is -2.09. The van der Waals surface area contributed by atoms with Gasteiger partial charge in [0.15, 0.2) is 0 Å². The van der Waals surface area contributed by atoms with Gasteiger partial charge in [0.25, 0.3) is 5.91 Å². The fourth-order valence-electron chi connectivity index (χ4n) is 1.31. The average molecular weight is 312 g/mol. The van der Waals surface area contributed by atoms with Crippen LogP contribution in [-0.4, -0.2) is 11.0 Å². The molecule has 5 heteroatoms. The first-order chi connectivity index (χ1) is 8.06.